The summed E-state index contributed by atoms with van der Waals surface area (Å²) in [6, 6.07) is 0. The maximum Gasteiger partial charge on any atom is 0.187 e. The van der Waals surface area contributed by atoms with E-state index in [1.807, 2.05) is 0 Å². The SMILES string of the molecule is C=CCNC(=S)NN=Cc1ncnc2nc[nH]c12. The second kappa shape index (κ2) is 5.82. The highest BCUT2D eigenvalue weighted by atomic mass is 32.1. The Hall–Kier alpha value is -2.35. The summed E-state index contributed by atoms with van der Waals surface area (Å²) < 4.78 is 0. The maximum atomic E-state index is 4.98. The van der Waals surface area contributed by atoms with Gasteiger partial charge in [-0.1, -0.05) is 6.08 Å². The molecule has 3 N–H and O–H groups in total. The van der Waals surface area contributed by atoms with Gasteiger partial charge in [-0.3, -0.25) is 5.43 Å². The number of thiocarbonyl (C=S) groups is 1. The Labute approximate surface area is 108 Å². The van der Waals surface area contributed by atoms with Crippen LogP contribution in [0.4, 0.5) is 0 Å². The summed E-state index contributed by atoms with van der Waals surface area (Å²) in [6.07, 6.45) is 6.24. The molecule has 92 valence electrons. The lowest BCUT2D eigenvalue weighted by Crippen LogP contribution is -2.31. The second-order valence-corrected chi connectivity index (χ2v) is 3.64. The highest BCUT2D eigenvalue weighted by molar-refractivity contribution is 7.80. The van der Waals surface area contributed by atoms with Crippen molar-refractivity contribution in [1.29, 1.82) is 0 Å². The fourth-order valence-corrected chi connectivity index (χ4v) is 1.37. The molecule has 0 spiro atoms. The lowest BCUT2D eigenvalue weighted by Gasteiger charge is -2.02. The van der Waals surface area contributed by atoms with Crippen LogP contribution in [0.2, 0.25) is 0 Å². The molecule has 0 atom stereocenters. The van der Waals surface area contributed by atoms with Gasteiger partial charge in [0.2, 0.25) is 0 Å². The lowest BCUT2D eigenvalue weighted by atomic mass is 10.4. The average Bonchev–Trinajstić information content (AvgIpc) is 2.85. The van der Waals surface area contributed by atoms with E-state index in [1.54, 1.807) is 18.6 Å². The van der Waals surface area contributed by atoms with E-state index < -0.39 is 0 Å². The second-order valence-electron chi connectivity index (χ2n) is 3.23. The molecule has 2 aromatic rings. The number of nitrogens with one attached hydrogen (secondary N) is 3. The molecule has 2 rings (SSSR count). The van der Waals surface area contributed by atoms with E-state index in [2.05, 4.69) is 42.4 Å². The third-order valence-electron chi connectivity index (χ3n) is 2.01. The molecule has 0 radical (unpaired) electrons. The number of imidazole rings is 1. The highest BCUT2D eigenvalue weighted by Gasteiger charge is 2.02. The van der Waals surface area contributed by atoms with Crippen molar-refractivity contribution < 1.29 is 0 Å². The van der Waals surface area contributed by atoms with E-state index >= 15 is 0 Å². The Bertz CT molecular complexity index is 589. The predicted molar refractivity (Wildman–Crippen MR) is 73.2 cm³/mol. The monoisotopic (exact) mass is 261 g/mol. The molecule has 18 heavy (non-hydrogen) atoms. The summed E-state index contributed by atoms with van der Waals surface area (Å²) in [7, 11) is 0. The van der Waals surface area contributed by atoms with Gasteiger partial charge in [-0.15, -0.1) is 6.58 Å². The quantitative estimate of drug-likeness (QED) is 0.318. The summed E-state index contributed by atoms with van der Waals surface area (Å²) in [4.78, 5) is 15.1. The van der Waals surface area contributed by atoms with E-state index in [-0.39, 0.29) is 0 Å². The van der Waals surface area contributed by atoms with E-state index in [0.29, 0.717) is 23.0 Å². The van der Waals surface area contributed by atoms with Gasteiger partial charge in [0.25, 0.3) is 0 Å². The van der Waals surface area contributed by atoms with Crippen LogP contribution in [0, 0.1) is 0 Å². The number of nitrogens with zero attached hydrogens (tertiary/aromatic N) is 4. The Morgan fingerprint density at radius 1 is 1.50 bits per heavy atom. The van der Waals surface area contributed by atoms with Gasteiger partial charge < -0.3 is 10.3 Å². The minimum atomic E-state index is 0.418. The molecule has 0 saturated heterocycles. The molecule has 8 heteroatoms. The summed E-state index contributed by atoms with van der Waals surface area (Å²) in [6.45, 7) is 4.16. The van der Waals surface area contributed by atoms with Crippen molar-refractivity contribution in [2.45, 2.75) is 0 Å². The normalized spacial score (nSPS) is 10.7. The predicted octanol–water partition coefficient (Wildman–Crippen LogP) is 0.337. The maximum absolute atomic E-state index is 4.98. The van der Waals surface area contributed by atoms with Crippen molar-refractivity contribution in [3.05, 3.63) is 31.0 Å². The molecule has 0 bridgehead atoms. The van der Waals surface area contributed by atoms with Crippen molar-refractivity contribution in [2.75, 3.05) is 6.54 Å². The summed E-state index contributed by atoms with van der Waals surface area (Å²) >= 11 is 4.98. The zero-order valence-corrected chi connectivity index (χ0v) is 10.2. The first-order valence-electron chi connectivity index (χ1n) is 5.13. The van der Waals surface area contributed by atoms with Crippen LogP contribution in [-0.2, 0) is 0 Å². The number of hydrogen-bond acceptors (Lipinski definition) is 5. The first-order valence-corrected chi connectivity index (χ1v) is 5.54. The minimum absolute atomic E-state index is 0.418. The highest BCUT2D eigenvalue weighted by Crippen LogP contribution is 2.06. The number of hydrazone groups is 1. The van der Waals surface area contributed by atoms with Crippen LogP contribution < -0.4 is 10.7 Å². The molecule has 7 nitrogen and oxygen atoms in total. The van der Waals surface area contributed by atoms with Gasteiger partial charge in [0.15, 0.2) is 10.8 Å². The first-order chi connectivity index (χ1) is 8.81. The minimum Gasteiger partial charge on any atom is -0.358 e. The van der Waals surface area contributed by atoms with E-state index in [1.165, 1.54) is 6.33 Å². The van der Waals surface area contributed by atoms with E-state index in [4.69, 9.17) is 12.2 Å². The van der Waals surface area contributed by atoms with Crippen LogP contribution in [0.5, 0.6) is 0 Å². The molecule has 2 aromatic heterocycles. The molecule has 0 fully saturated rings. The molecular weight excluding hydrogens is 250 g/mol. The van der Waals surface area contributed by atoms with Gasteiger partial charge in [-0.2, -0.15) is 5.10 Å². The fraction of sp³-hybridized carbons (Fsp3) is 0.100. The number of fused-ring (bicyclic) bond motifs is 1. The molecule has 0 saturated carbocycles. The van der Waals surface area contributed by atoms with Crippen molar-refractivity contribution in [2.24, 2.45) is 5.10 Å². The molecule has 0 aromatic carbocycles. The number of rotatable bonds is 4. The number of H-pyrrole nitrogens is 1. The van der Waals surface area contributed by atoms with Crippen molar-refractivity contribution in [1.82, 2.24) is 30.7 Å². The fourth-order valence-electron chi connectivity index (χ4n) is 1.24. The van der Waals surface area contributed by atoms with Crippen LogP contribution in [0.3, 0.4) is 0 Å². The standard InChI is InChI=1S/C10H11N7S/c1-2-3-11-10(18)17-16-4-7-8-9(14-5-12-7)15-6-13-8/h2,4-6H,1,3H2,(H2,11,17,18)(H,12,13,14,15). The van der Waals surface area contributed by atoms with Gasteiger partial charge >= 0.3 is 0 Å². The molecule has 0 unspecified atom stereocenters. The molecule has 2 heterocycles. The third kappa shape index (κ3) is 2.86. The van der Waals surface area contributed by atoms with E-state index in [9.17, 15) is 0 Å². The summed E-state index contributed by atoms with van der Waals surface area (Å²) in [5.41, 5.74) is 4.63. The zero-order valence-electron chi connectivity index (χ0n) is 9.42. The van der Waals surface area contributed by atoms with Gasteiger partial charge in [0.1, 0.15) is 17.5 Å². The third-order valence-corrected chi connectivity index (χ3v) is 2.25. The van der Waals surface area contributed by atoms with Crippen LogP contribution >= 0.6 is 12.2 Å². The smallest absolute Gasteiger partial charge is 0.187 e. The number of aromatic nitrogens is 4. The summed E-state index contributed by atoms with van der Waals surface area (Å²) in [5.74, 6) is 0. The van der Waals surface area contributed by atoms with Crippen molar-refractivity contribution in [3.63, 3.8) is 0 Å². The van der Waals surface area contributed by atoms with Crippen LogP contribution in [-0.4, -0.2) is 37.8 Å². The Morgan fingerprint density at radius 3 is 3.22 bits per heavy atom. The zero-order chi connectivity index (χ0) is 12.8. The van der Waals surface area contributed by atoms with Gasteiger partial charge in [0.05, 0.1) is 12.5 Å². The topological polar surface area (TPSA) is 90.9 Å². The van der Waals surface area contributed by atoms with Crippen LogP contribution in [0.25, 0.3) is 11.2 Å². The lowest BCUT2D eigenvalue weighted by molar-refractivity contribution is 0.941. The number of aromatic amines is 1. The average molecular weight is 261 g/mol. The Balaban J connectivity index is 2.02. The molecule has 0 aliphatic carbocycles. The van der Waals surface area contributed by atoms with Gasteiger partial charge in [-0.05, 0) is 12.2 Å². The van der Waals surface area contributed by atoms with Gasteiger partial charge in [-0.25, -0.2) is 15.0 Å². The molecule has 0 amide bonds. The largest absolute Gasteiger partial charge is 0.358 e. The van der Waals surface area contributed by atoms with Crippen molar-refractivity contribution in [3.8, 4) is 0 Å². The Kier molecular flexibility index (Phi) is 3.92. The van der Waals surface area contributed by atoms with Crippen molar-refractivity contribution >= 4 is 34.7 Å². The molecular formula is C10H11N7S. The first kappa shape index (κ1) is 12.1. The molecule has 0 aliphatic heterocycles. The summed E-state index contributed by atoms with van der Waals surface area (Å²) in [5, 5.41) is 7.28. The van der Waals surface area contributed by atoms with Gasteiger partial charge in [0, 0.05) is 6.54 Å². The van der Waals surface area contributed by atoms with Crippen LogP contribution in [0.1, 0.15) is 5.69 Å². The molecule has 0 aliphatic rings. The number of hydrogen-bond donors (Lipinski definition) is 3. The Morgan fingerprint density at radius 2 is 2.39 bits per heavy atom. The van der Waals surface area contributed by atoms with Crippen LogP contribution in [0.15, 0.2) is 30.4 Å². The van der Waals surface area contributed by atoms with E-state index in [0.717, 1.165) is 5.52 Å².